The lowest BCUT2D eigenvalue weighted by Gasteiger charge is -2.37. The Morgan fingerprint density at radius 2 is 2.15 bits per heavy atom. The van der Waals surface area contributed by atoms with Gasteiger partial charge in [0, 0.05) is 26.0 Å². The fraction of sp³-hybridized carbons (Fsp3) is 0.571. The maximum atomic E-state index is 11.3. The van der Waals surface area contributed by atoms with E-state index >= 15 is 0 Å². The SMILES string of the molecule is COc1ccc2[nH]c(CC3CC(C(C)C)C(CNC(C)=O)C=C3C)nc2n1. The summed E-state index contributed by atoms with van der Waals surface area (Å²) >= 11 is 0. The highest BCUT2D eigenvalue weighted by Gasteiger charge is 2.32. The van der Waals surface area contributed by atoms with Gasteiger partial charge in [0.15, 0.2) is 5.65 Å². The van der Waals surface area contributed by atoms with E-state index in [0.717, 1.165) is 30.7 Å². The Morgan fingerprint density at radius 3 is 2.81 bits per heavy atom. The standard InChI is InChI=1S/C21H30N4O2/c1-12(2)17-9-15(13(3)8-16(17)11-22-14(4)26)10-19-23-18-6-7-20(27-5)25-21(18)24-19/h6-8,12,15-17H,9-11H2,1-5H3,(H,22,26)(H,23,24,25). The smallest absolute Gasteiger partial charge is 0.216 e. The Hall–Kier alpha value is -2.37. The molecule has 2 aromatic rings. The third-order valence-electron chi connectivity index (χ3n) is 5.69. The fourth-order valence-electron chi connectivity index (χ4n) is 4.14. The number of H-pyrrole nitrogens is 1. The first-order valence-corrected chi connectivity index (χ1v) is 9.69. The van der Waals surface area contributed by atoms with Crippen molar-refractivity contribution in [2.45, 2.75) is 40.5 Å². The summed E-state index contributed by atoms with van der Waals surface area (Å²) in [5.41, 5.74) is 3.02. The maximum Gasteiger partial charge on any atom is 0.216 e. The summed E-state index contributed by atoms with van der Waals surface area (Å²) in [7, 11) is 1.61. The fourth-order valence-corrected chi connectivity index (χ4v) is 4.14. The second kappa shape index (κ2) is 8.11. The topological polar surface area (TPSA) is 79.9 Å². The summed E-state index contributed by atoms with van der Waals surface area (Å²) in [6.45, 7) is 9.04. The van der Waals surface area contributed by atoms with Gasteiger partial charge < -0.3 is 15.0 Å². The molecule has 0 saturated carbocycles. The van der Waals surface area contributed by atoms with Crippen LogP contribution in [0.5, 0.6) is 5.88 Å². The molecule has 0 radical (unpaired) electrons. The summed E-state index contributed by atoms with van der Waals surface area (Å²) < 4.78 is 5.19. The minimum atomic E-state index is 0.0379. The number of nitrogens with zero attached hydrogens (tertiary/aromatic N) is 2. The molecule has 0 bridgehead atoms. The van der Waals surface area contributed by atoms with Gasteiger partial charge in [-0.15, -0.1) is 0 Å². The Labute approximate surface area is 160 Å². The summed E-state index contributed by atoms with van der Waals surface area (Å²) in [4.78, 5) is 23.8. The van der Waals surface area contributed by atoms with Gasteiger partial charge in [0.05, 0.1) is 12.6 Å². The van der Waals surface area contributed by atoms with Crippen LogP contribution in [0, 0.1) is 23.7 Å². The van der Waals surface area contributed by atoms with Gasteiger partial charge in [0.2, 0.25) is 11.8 Å². The molecule has 6 nitrogen and oxygen atoms in total. The van der Waals surface area contributed by atoms with Crippen molar-refractivity contribution in [1.82, 2.24) is 20.3 Å². The van der Waals surface area contributed by atoms with Crippen LogP contribution in [0.2, 0.25) is 0 Å². The number of amides is 1. The number of imidazole rings is 1. The first-order valence-electron chi connectivity index (χ1n) is 9.69. The van der Waals surface area contributed by atoms with Crippen LogP contribution in [0.25, 0.3) is 11.2 Å². The molecule has 1 aliphatic rings. The molecule has 0 spiro atoms. The summed E-state index contributed by atoms with van der Waals surface area (Å²) in [6, 6.07) is 3.80. The number of methoxy groups -OCH3 is 1. The van der Waals surface area contributed by atoms with Crippen LogP contribution in [-0.4, -0.2) is 34.5 Å². The third-order valence-corrected chi connectivity index (χ3v) is 5.69. The molecule has 0 saturated heterocycles. The molecule has 0 fully saturated rings. The number of pyridine rings is 1. The molecule has 3 rings (SSSR count). The van der Waals surface area contributed by atoms with E-state index in [1.54, 1.807) is 14.0 Å². The summed E-state index contributed by atoms with van der Waals surface area (Å²) in [6.07, 6.45) is 4.34. The van der Waals surface area contributed by atoms with Crippen LogP contribution in [0.4, 0.5) is 0 Å². The molecule has 2 aromatic heterocycles. The van der Waals surface area contributed by atoms with Crippen LogP contribution >= 0.6 is 0 Å². The van der Waals surface area contributed by atoms with Crippen LogP contribution < -0.4 is 10.1 Å². The lowest BCUT2D eigenvalue weighted by Crippen LogP contribution is -2.36. The zero-order valence-corrected chi connectivity index (χ0v) is 16.9. The number of ether oxygens (including phenoxy) is 1. The van der Waals surface area contributed by atoms with E-state index in [1.165, 1.54) is 5.57 Å². The van der Waals surface area contributed by atoms with Crippen molar-refractivity contribution in [2.24, 2.45) is 23.7 Å². The molecule has 146 valence electrons. The molecule has 0 aliphatic heterocycles. The summed E-state index contributed by atoms with van der Waals surface area (Å²) in [5, 5.41) is 2.99. The van der Waals surface area contributed by atoms with E-state index in [9.17, 15) is 4.79 Å². The maximum absolute atomic E-state index is 11.3. The highest BCUT2D eigenvalue weighted by atomic mass is 16.5. The van der Waals surface area contributed by atoms with E-state index < -0.39 is 0 Å². The van der Waals surface area contributed by atoms with Gasteiger partial charge in [0.1, 0.15) is 5.82 Å². The minimum absolute atomic E-state index is 0.0379. The van der Waals surface area contributed by atoms with Crippen molar-refractivity contribution in [1.29, 1.82) is 0 Å². The largest absolute Gasteiger partial charge is 0.481 e. The third kappa shape index (κ3) is 4.49. The van der Waals surface area contributed by atoms with Crippen molar-refractivity contribution < 1.29 is 9.53 Å². The number of allylic oxidation sites excluding steroid dienone is 1. The zero-order chi connectivity index (χ0) is 19.6. The highest BCUT2D eigenvalue weighted by molar-refractivity contribution is 5.72. The quantitative estimate of drug-likeness (QED) is 0.763. The predicted octanol–water partition coefficient (Wildman–Crippen LogP) is 3.50. The molecule has 2 heterocycles. The first kappa shape index (κ1) is 19.4. The van der Waals surface area contributed by atoms with Gasteiger partial charge >= 0.3 is 0 Å². The molecular weight excluding hydrogens is 340 g/mol. The number of hydrogen-bond acceptors (Lipinski definition) is 4. The Bertz CT molecular complexity index is 840. The van der Waals surface area contributed by atoms with Crippen molar-refractivity contribution in [2.75, 3.05) is 13.7 Å². The van der Waals surface area contributed by atoms with Crippen molar-refractivity contribution in [3.05, 3.63) is 29.6 Å². The van der Waals surface area contributed by atoms with Crippen LogP contribution in [0.15, 0.2) is 23.8 Å². The van der Waals surface area contributed by atoms with Crippen LogP contribution in [0.3, 0.4) is 0 Å². The van der Waals surface area contributed by atoms with Crippen molar-refractivity contribution in [3.63, 3.8) is 0 Å². The number of aromatic amines is 1. The van der Waals surface area contributed by atoms with E-state index in [4.69, 9.17) is 4.74 Å². The average Bonchev–Trinajstić information content (AvgIpc) is 3.02. The van der Waals surface area contributed by atoms with E-state index in [-0.39, 0.29) is 5.91 Å². The van der Waals surface area contributed by atoms with Crippen LogP contribution in [-0.2, 0) is 11.2 Å². The number of fused-ring (bicyclic) bond motifs is 1. The van der Waals surface area contributed by atoms with Crippen molar-refractivity contribution >= 4 is 17.1 Å². The first-order chi connectivity index (χ1) is 12.9. The van der Waals surface area contributed by atoms with E-state index in [2.05, 4.69) is 47.1 Å². The molecular formula is C21H30N4O2. The molecule has 2 N–H and O–H groups in total. The monoisotopic (exact) mass is 370 g/mol. The Kier molecular flexibility index (Phi) is 5.82. The van der Waals surface area contributed by atoms with Crippen LogP contribution in [0.1, 0.15) is 39.9 Å². The van der Waals surface area contributed by atoms with Gasteiger partial charge in [0.25, 0.3) is 0 Å². The Balaban J connectivity index is 1.78. The zero-order valence-electron chi connectivity index (χ0n) is 16.9. The van der Waals surface area contributed by atoms with Gasteiger partial charge in [-0.2, -0.15) is 4.98 Å². The second-order valence-corrected chi connectivity index (χ2v) is 7.96. The highest BCUT2D eigenvalue weighted by Crippen LogP contribution is 2.38. The number of hydrogen-bond donors (Lipinski definition) is 2. The molecule has 0 aromatic carbocycles. The number of carbonyl (C=O) groups is 1. The summed E-state index contributed by atoms with van der Waals surface area (Å²) in [5.74, 6) is 3.54. The van der Waals surface area contributed by atoms with E-state index in [1.807, 2.05) is 12.1 Å². The lowest BCUT2D eigenvalue weighted by molar-refractivity contribution is -0.119. The number of carbonyl (C=O) groups excluding carboxylic acids is 1. The van der Waals surface area contributed by atoms with Gasteiger partial charge in [-0.25, -0.2) is 4.98 Å². The molecule has 27 heavy (non-hydrogen) atoms. The molecule has 3 unspecified atom stereocenters. The lowest BCUT2D eigenvalue weighted by atomic mass is 9.70. The van der Waals surface area contributed by atoms with Crippen molar-refractivity contribution in [3.8, 4) is 5.88 Å². The van der Waals surface area contributed by atoms with Gasteiger partial charge in [-0.1, -0.05) is 25.5 Å². The van der Waals surface area contributed by atoms with Gasteiger partial charge in [-0.3, -0.25) is 4.79 Å². The second-order valence-electron chi connectivity index (χ2n) is 7.96. The number of nitrogens with one attached hydrogen (secondary N) is 2. The normalized spacial score (nSPS) is 22.7. The van der Waals surface area contributed by atoms with E-state index in [0.29, 0.717) is 35.2 Å². The van der Waals surface area contributed by atoms with Gasteiger partial charge in [-0.05, 0) is 43.1 Å². The molecule has 3 atom stereocenters. The Morgan fingerprint density at radius 1 is 1.37 bits per heavy atom. The molecule has 1 aliphatic carbocycles. The molecule has 1 amide bonds. The predicted molar refractivity (Wildman–Crippen MR) is 107 cm³/mol. The average molecular weight is 370 g/mol. The number of aromatic nitrogens is 3. The minimum Gasteiger partial charge on any atom is -0.481 e. The number of rotatable bonds is 6. The molecule has 6 heteroatoms.